The maximum atomic E-state index is 16.0. The van der Waals surface area contributed by atoms with Gasteiger partial charge in [0.15, 0.2) is 47.9 Å². The van der Waals surface area contributed by atoms with Crippen molar-refractivity contribution in [3.63, 3.8) is 0 Å². The lowest BCUT2D eigenvalue weighted by molar-refractivity contribution is -0.123. The molecular weight excluding hydrogens is 1550 g/mol. The van der Waals surface area contributed by atoms with Gasteiger partial charge in [-0.1, -0.05) is 263 Å². The van der Waals surface area contributed by atoms with Crippen molar-refractivity contribution in [1.82, 2.24) is 0 Å². The Morgan fingerprint density at radius 1 is 0.177 bits per heavy atom. The van der Waals surface area contributed by atoms with Crippen molar-refractivity contribution >= 4 is 40.5 Å². The Kier molecular flexibility index (Phi) is 28.8. The number of benzene rings is 8. The molecule has 0 aliphatic heterocycles. The quantitative estimate of drug-likeness (QED) is 0.0554. The van der Waals surface area contributed by atoms with E-state index in [0.717, 1.165) is 134 Å². The average molecular weight is 1690 g/mol. The number of hydrogen-bond donors (Lipinski definition) is 0. The second-order valence-corrected chi connectivity index (χ2v) is 43.5. The Bertz CT molecular complexity index is 4840. The lowest BCUT2D eigenvalue weighted by Gasteiger charge is -2.29. The van der Waals surface area contributed by atoms with Crippen LogP contribution in [0.1, 0.15) is 341 Å². The van der Waals surface area contributed by atoms with E-state index in [1.807, 2.05) is 0 Å². The van der Waals surface area contributed by atoms with Gasteiger partial charge in [-0.05, 0) is 218 Å². The molecule has 15 nitrogen and oxygen atoms in total. The van der Waals surface area contributed by atoms with Crippen molar-refractivity contribution in [1.29, 1.82) is 0 Å². The van der Waals surface area contributed by atoms with Crippen molar-refractivity contribution in [3.05, 3.63) is 231 Å². The molecule has 2 aliphatic carbocycles. The van der Waals surface area contributed by atoms with Crippen molar-refractivity contribution in [2.24, 2.45) is 0 Å². The SMILES string of the molecule is CC(=O)COc1c2cc(C(C)(C)C)cc1Cc1cc(C(C)(C)C)cc(c1OCC(C)=O)Cc1cc(C(C)(C)C)cc(c1OCC(=O)COc1c3cc(C(C)(C)C)cc1Cc1cc(C(C)(C)C)cc(c1OCC(C)=O)Cc1cc(C(C)(C)C)cc(c1OCC(C)=O)Cc1cc(C(C)(C)C)cc(c1OCC(C)=O)C3)Cc1cc(C(C)(C)C)cc(c1OCC(C)=O)C2. The minimum atomic E-state index is -0.454. The number of ether oxygens (including phenoxy) is 8. The molecular formula is C109H138O15. The molecule has 124 heavy (non-hydrogen) atoms. The smallest absolute Gasteiger partial charge is 0.207 e. The largest absolute Gasteiger partial charge is 0.485 e. The van der Waals surface area contributed by atoms with Crippen LogP contribution in [0.2, 0.25) is 0 Å². The molecule has 0 radical (unpaired) electrons. The minimum absolute atomic E-state index is 0.152. The van der Waals surface area contributed by atoms with E-state index in [0.29, 0.717) is 46.0 Å². The van der Waals surface area contributed by atoms with E-state index in [-0.39, 0.29) is 142 Å². The number of rotatable bonds is 24. The summed E-state index contributed by atoms with van der Waals surface area (Å²) in [5, 5.41) is 0. The zero-order valence-electron chi connectivity index (χ0n) is 80.2. The third-order valence-electron chi connectivity index (χ3n) is 23.2. The van der Waals surface area contributed by atoms with Gasteiger partial charge in [0.2, 0.25) is 5.78 Å². The summed E-state index contributed by atoms with van der Waals surface area (Å²) in [4.78, 5) is 96.2. The topological polar surface area (TPSA) is 193 Å². The van der Waals surface area contributed by atoms with E-state index in [1.54, 1.807) is 0 Å². The normalized spacial score (nSPS) is 13.5. The highest BCUT2D eigenvalue weighted by atomic mass is 16.5. The molecule has 0 N–H and O–H groups in total. The average Bonchev–Trinajstić information content (AvgIpc) is 0.760. The van der Waals surface area contributed by atoms with Crippen LogP contribution in [0.25, 0.3) is 0 Å². The number of hydrogen-bond acceptors (Lipinski definition) is 15. The van der Waals surface area contributed by atoms with Gasteiger partial charge in [-0.2, -0.15) is 0 Å². The molecule has 0 fully saturated rings. The van der Waals surface area contributed by atoms with Crippen LogP contribution in [0.5, 0.6) is 46.0 Å². The molecule has 0 saturated heterocycles. The van der Waals surface area contributed by atoms with Crippen LogP contribution in [0.3, 0.4) is 0 Å². The highest BCUT2D eigenvalue weighted by Gasteiger charge is 2.35. The van der Waals surface area contributed by atoms with Crippen molar-refractivity contribution < 1.29 is 71.5 Å². The summed E-state index contributed by atoms with van der Waals surface area (Å²) in [6.45, 7) is 59.1. The molecule has 8 aromatic carbocycles. The van der Waals surface area contributed by atoms with Crippen LogP contribution >= 0.6 is 0 Å². The number of carbonyl (C=O) groups is 7. The maximum Gasteiger partial charge on any atom is 0.207 e. The number of Topliss-reactive ketones (excluding diaryl/α,β-unsaturated/α-hetero) is 7. The van der Waals surface area contributed by atoms with E-state index >= 15 is 4.79 Å². The van der Waals surface area contributed by atoms with Crippen LogP contribution in [0.15, 0.2) is 97.1 Å². The summed E-state index contributed by atoms with van der Waals surface area (Å²) >= 11 is 0. The zero-order valence-corrected chi connectivity index (χ0v) is 80.2. The second-order valence-electron chi connectivity index (χ2n) is 43.5. The van der Waals surface area contributed by atoms with Gasteiger partial charge >= 0.3 is 0 Å². The molecule has 2 aliphatic rings. The summed E-state index contributed by atoms with van der Waals surface area (Å²) < 4.78 is 56.0. The monoisotopic (exact) mass is 1690 g/mol. The first-order valence-corrected chi connectivity index (χ1v) is 44.1. The molecule has 0 heterocycles. The Morgan fingerprint density at radius 2 is 0.266 bits per heavy atom. The van der Waals surface area contributed by atoms with Gasteiger partial charge in [0.25, 0.3) is 0 Å². The van der Waals surface area contributed by atoms with Crippen LogP contribution in [-0.4, -0.2) is 93.3 Å². The third-order valence-corrected chi connectivity index (χ3v) is 23.2. The van der Waals surface area contributed by atoms with Crippen LogP contribution < -0.4 is 37.9 Å². The first-order valence-electron chi connectivity index (χ1n) is 44.1. The third kappa shape index (κ3) is 24.3. The summed E-state index contributed by atoms with van der Waals surface area (Å²) in [6.07, 6.45) is 1.93. The highest BCUT2D eigenvalue weighted by molar-refractivity contribution is 5.83. The van der Waals surface area contributed by atoms with E-state index in [1.165, 1.54) is 41.5 Å². The number of ketones is 7. The molecule has 8 aromatic rings. The standard InChI is InChI=1S/C109H138O15/c1-63(110)55-117-94-69-31-73-43-87(104(13,14)15)47-77(96(73)119-57-65(3)112)35-81-51-91(108(25,26)27)52-82(36-78-48-88(105(16,17)18)44-74(97(78)120-58-66(4)113)32-70(94)40-85(39-69)102(7,8)9)100(81)123-61-93(116)62-124-101-83-37-79-49-89(106(19,20)21)45-75(98(79)121-59-67(5)114)33-71-41-86(103(10,11)12)42-72(95(71)118-56-64(2)111)34-76-46-90(107(22,23)24)50-80(99(76)122-60-68(6)115)38-84(101)54-92(53-83)109(28,29)30/h39-54H,31-38,55-62H2,1-30H3. The molecule has 15 heteroatoms. The predicted octanol–water partition coefficient (Wildman–Crippen LogP) is 22.3. The molecule has 0 saturated carbocycles. The molecule has 0 amide bonds. The maximum absolute atomic E-state index is 16.0. The number of fused-ring (bicyclic) bond motifs is 16. The van der Waals surface area contributed by atoms with Gasteiger partial charge in [-0.15, -0.1) is 0 Å². The Morgan fingerprint density at radius 3 is 0.347 bits per heavy atom. The lowest BCUT2D eigenvalue weighted by atomic mass is 9.79. The van der Waals surface area contributed by atoms with Gasteiger partial charge in [0, 0.05) is 51.4 Å². The van der Waals surface area contributed by atoms with Gasteiger partial charge < -0.3 is 37.9 Å². The van der Waals surface area contributed by atoms with Crippen molar-refractivity contribution in [2.45, 2.75) is 302 Å². The summed E-state index contributed by atoms with van der Waals surface area (Å²) in [7, 11) is 0. The van der Waals surface area contributed by atoms with Gasteiger partial charge in [0.1, 0.15) is 85.6 Å². The van der Waals surface area contributed by atoms with Crippen LogP contribution in [0.4, 0.5) is 0 Å². The van der Waals surface area contributed by atoms with E-state index < -0.39 is 45.7 Å². The fourth-order valence-electron chi connectivity index (χ4n) is 16.1. The fourth-order valence-corrected chi connectivity index (χ4v) is 16.1. The Labute approximate surface area is 739 Å². The Balaban J connectivity index is 1.25. The van der Waals surface area contributed by atoms with Crippen molar-refractivity contribution in [3.8, 4) is 46.0 Å². The summed E-state index contributed by atoms with van der Waals surface area (Å²) in [5.41, 5.74) is 17.3. The molecule has 664 valence electrons. The summed E-state index contributed by atoms with van der Waals surface area (Å²) in [5.74, 6) is 2.72. The molecule has 0 spiro atoms. The first-order chi connectivity index (χ1) is 57.3. The van der Waals surface area contributed by atoms with Gasteiger partial charge in [-0.25, -0.2) is 0 Å². The predicted molar refractivity (Wildman–Crippen MR) is 497 cm³/mol. The fraction of sp³-hybridized carbons (Fsp3) is 0.495. The van der Waals surface area contributed by atoms with Crippen LogP contribution in [-0.2, 0) is 128 Å². The summed E-state index contributed by atoms with van der Waals surface area (Å²) in [6, 6.07) is 34.7. The van der Waals surface area contributed by atoms with Gasteiger partial charge in [0.05, 0.1) is 0 Å². The minimum Gasteiger partial charge on any atom is -0.485 e. The Hall–Kier alpha value is -10.2. The molecule has 0 aromatic heterocycles. The van der Waals surface area contributed by atoms with Gasteiger partial charge in [-0.3, -0.25) is 33.6 Å². The lowest BCUT2D eigenvalue weighted by Crippen LogP contribution is -2.23. The second kappa shape index (κ2) is 37.2. The van der Waals surface area contributed by atoms with Crippen molar-refractivity contribution in [2.75, 3.05) is 52.9 Å². The van der Waals surface area contributed by atoms with E-state index in [9.17, 15) is 28.8 Å². The zero-order chi connectivity index (χ0) is 91.8. The molecule has 0 atom stereocenters. The number of carbonyl (C=O) groups excluding carboxylic acids is 7. The molecule has 10 rings (SSSR count). The first kappa shape index (κ1) is 96.1. The molecule has 16 bridgehead atoms. The molecule has 0 unspecified atom stereocenters. The van der Waals surface area contributed by atoms with E-state index in [2.05, 4.69) is 263 Å². The van der Waals surface area contributed by atoms with E-state index in [4.69, 9.17) is 37.9 Å². The highest BCUT2D eigenvalue weighted by Crippen LogP contribution is 2.49. The van der Waals surface area contributed by atoms with Crippen LogP contribution in [0, 0.1) is 0 Å².